The van der Waals surface area contributed by atoms with Crippen molar-refractivity contribution in [2.24, 2.45) is 7.05 Å². The summed E-state index contributed by atoms with van der Waals surface area (Å²) in [6.45, 7) is 0. The number of aryl methyl sites for hydroxylation is 1. The lowest BCUT2D eigenvalue weighted by atomic mass is 9.91. The van der Waals surface area contributed by atoms with Crippen molar-refractivity contribution >= 4 is 21.7 Å². The van der Waals surface area contributed by atoms with E-state index < -0.39 is 5.66 Å². The Balaban J connectivity index is 1.90. The number of halogens is 1. The van der Waals surface area contributed by atoms with Crippen LogP contribution in [0.3, 0.4) is 0 Å². The quantitative estimate of drug-likeness (QED) is 0.384. The zero-order valence-electron chi connectivity index (χ0n) is 12.4. The third kappa shape index (κ3) is 2.92. The van der Waals surface area contributed by atoms with E-state index in [2.05, 4.69) is 26.3 Å². The number of hydrogen-bond donors (Lipinski definition) is 1. The Labute approximate surface area is 141 Å². The van der Waals surface area contributed by atoms with Crippen molar-refractivity contribution in [3.8, 4) is 0 Å². The maximum Gasteiger partial charge on any atom is 0.333 e. The Morgan fingerprint density at radius 3 is 2.48 bits per heavy atom. The normalized spacial score (nSPS) is 23.0. The summed E-state index contributed by atoms with van der Waals surface area (Å²) in [6, 6.07) is 9.87. The van der Waals surface area contributed by atoms with Crippen LogP contribution in [0.1, 0.15) is 11.5 Å². The highest BCUT2D eigenvalue weighted by atomic mass is 79.9. The molecule has 0 radical (unpaired) electrons. The van der Waals surface area contributed by atoms with Crippen LogP contribution in [-0.4, -0.2) is 20.4 Å². The standard InChI is InChI=1S/C16H15BrN4O2/c1-20-15(14(17)11-18-20)19-16(21(22)23)9-7-13(8-10-16)12-5-3-2-4-6-12/h2-11,13,19H,1H3. The SMILES string of the molecule is Cn1ncc(Br)c1NC1([N+](=O)[O-])C=CC(c2ccccc2)C=C1. The molecule has 0 atom stereocenters. The van der Waals surface area contributed by atoms with E-state index in [4.69, 9.17) is 0 Å². The van der Waals surface area contributed by atoms with Gasteiger partial charge in [0, 0.05) is 25.1 Å². The summed E-state index contributed by atoms with van der Waals surface area (Å²) < 4.78 is 2.23. The summed E-state index contributed by atoms with van der Waals surface area (Å²) in [4.78, 5) is 11.3. The fourth-order valence-electron chi connectivity index (χ4n) is 2.51. The molecule has 0 fully saturated rings. The number of nitrogens with zero attached hydrogens (tertiary/aromatic N) is 3. The molecule has 0 amide bonds. The van der Waals surface area contributed by atoms with Gasteiger partial charge in [0.05, 0.1) is 15.6 Å². The summed E-state index contributed by atoms with van der Waals surface area (Å²) in [5.41, 5.74) is -0.389. The molecule has 2 aromatic rings. The van der Waals surface area contributed by atoms with Crippen LogP contribution in [0.2, 0.25) is 0 Å². The number of nitro groups is 1. The number of benzene rings is 1. The second-order valence-corrected chi connectivity index (χ2v) is 6.18. The van der Waals surface area contributed by atoms with Crippen molar-refractivity contribution in [3.05, 3.63) is 81.0 Å². The summed E-state index contributed by atoms with van der Waals surface area (Å²) >= 11 is 3.35. The summed E-state index contributed by atoms with van der Waals surface area (Å²) in [7, 11) is 1.73. The van der Waals surface area contributed by atoms with Gasteiger partial charge in [0.1, 0.15) is 5.82 Å². The topological polar surface area (TPSA) is 73.0 Å². The Hall–Kier alpha value is -2.41. The van der Waals surface area contributed by atoms with Crippen molar-refractivity contribution in [1.82, 2.24) is 9.78 Å². The molecule has 23 heavy (non-hydrogen) atoms. The number of nitrogens with one attached hydrogen (secondary N) is 1. The third-order valence-electron chi connectivity index (χ3n) is 3.81. The van der Waals surface area contributed by atoms with Crippen molar-refractivity contribution in [1.29, 1.82) is 0 Å². The Morgan fingerprint density at radius 2 is 1.96 bits per heavy atom. The first-order valence-corrected chi connectivity index (χ1v) is 7.85. The molecule has 0 unspecified atom stereocenters. The Bertz CT molecular complexity index is 749. The van der Waals surface area contributed by atoms with E-state index in [1.165, 1.54) is 0 Å². The van der Waals surface area contributed by atoms with Gasteiger partial charge in [0.15, 0.2) is 0 Å². The molecule has 1 heterocycles. The molecule has 1 aliphatic rings. The Kier molecular flexibility index (Phi) is 4.04. The first-order valence-electron chi connectivity index (χ1n) is 7.06. The lowest BCUT2D eigenvalue weighted by molar-refractivity contribution is -0.532. The lowest BCUT2D eigenvalue weighted by Gasteiger charge is -2.25. The zero-order chi connectivity index (χ0) is 16.4. The number of allylic oxidation sites excluding steroid dienone is 2. The number of anilines is 1. The van der Waals surface area contributed by atoms with Gasteiger partial charge in [-0.2, -0.15) is 5.10 Å². The van der Waals surface area contributed by atoms with Crippen molar-refractivity contribution < 1.29 is 4.92 Å². The largest absolute Gasteiger partial charge is 0.333 e. The van der Waals surface area contributed by atoms with E-state index in [-0.39, 0.29) is 10.8 Å². The highest BCUT2D eigenvalue weighted by Gasteiger charge is 2.40. The van der Waals surface area contributed by atoms with Crippen molar-refractivity contribution in [2.75, 3.05) is 5.32 Å². The molecule has 7 heteroatoms. The van der Waals surface area contributed by atoms with Gasteiger partial charge in [-0.15, -0.1) is 0 Å². The zero-order valence-corrected chi connectivity index (χ0v) is 14.0. The summed E-state index contributed by atoms with van der Waals surface area (Å²) in [6.07, 6.45) is 8.46. The maximum absolute atomic E-state index is 11.7. The minimum Gasteiger partial charge on any atom is -0.298 e. The molecule has 1 aromatic heterocycles. The predicted molar refractivity (Wildman–Crippen MR) is 91.7 cm³/mol. The molecule has 1 aromatic carbocycles. The van der Waals surface area contributed by atoms with E-state index in [9.17, 15) is 10.1 Å². The van der Waals surface area contributed by atoms with Crippen molar-refractivity contribution in [2.45, 2.75) is 11.6 Å². The van der Waals surface area contributed by atoms with Gasteiger partial charge in [-0.1, -0.05) is 42.5 Å². The van der Waals surface area contributed by atoms with Gasteiger partial charge in [-0.3, -0.25) is 20.1 Å². The Morgan fingerprint density at radius 1 is 1.30 bits per heavy atom. The molecular weight excluding hydrogens is 360 g/mol. The molecule has 3 rings (SSSR count). The summed E-state index contributed by atoms with van der Waals surface area (Å²) in [5.74, 6) is 0.579. The molecule has 0 spiro atoms. The molecule has 1 aliphatic carbocycles. The number of rotatable bonds is 4. The van der Waals surface area contributed by atoms with Gasteiger partial charge in [0.2, 0.25) is 0 Å². The van der Waals surface area contributed by atoms with Gasteiger partial charge < -0.3 is 0 Å². The molecule has 0 aliphatic heterocycles. The van der Waals surface area contributed by atoms with Crippen LogP contribution in [-0.2, 0) is 7.05 Å². The second kappa shape index (κ2) is 6.00. The van der Waals surface area contributed by atoms with Crippen LogP contribution in [0, 0.1) is 10.1 Å². The van der Waals surface area contributed by atoms with Gasteiger partial charge in [0.25, 0.3) is 0 Å². The van der Waals surface area contributed by atoms with Crippen molar-refractivity contribution in [3.63, 3.8) is 0 Å². The molecule has 0 saturated heterocycles. The van der Waals surface area contributed by atoms with Crippen LogP contribution in [0.4, 0.5) is 5.82 Å². The number of aromatic nitrogens is 2. The monoisotopic (exact) mass is 374 g/mol. The first kappa shape index (κ1) is 15.5. The maximum atomic E-state index is 11.7. The average molecular weight is 375 g/mol. The van der Waals surface area contributed by atoms with E-state index in [1.807, 2.05) is 42.5 Å². The molecule has 6 nitrogen and oxygen atoms in total. The molecular formula is C16H15BrN4O2. The summed E-state index contributed by atoms with van der Waals surface area (Å²) in [5, 5.41) is 18.7. The first-order chi connectivity index (χ1) is 11.0. The van der Waals surface area contributed by atoms with Crippen LogP contribution >= 0.6 is 15.9 Å². The lowest BCUT2D eigenvalue weighted by Crippen LogP contribution is -2.44. The third-order valence-corrected chi connectivity index (χ3v) is 4.39. The number of hydrogen-bond acceptors (Lipinski definition) is 4. The predicted octanol–water partition coefficient (Wildman–Crippen LogP) is 3.48. The average Bonchev–Trinajstić information content (AvgIpc) is 2.88. The minimum absolute atomic E-state index is 0.0288. The van der Waals surface area contributed by atoms with Gasteiger partial charge in [-0.05, 0) is 21.5 Å². The van der Waals surface area contributed by atoms with E-state index in [0.717, 1.165) is 5.56 Å². The highest BCUT2D eigenvalue weighted by Crippen LogP contribution is 2.31. The molecule has 1 N–H and O–H groups in total. The van der Waals surface area contributed by atoms with Crippen LogP contribution in [0.5, 0.6) is 0 Å². The molecule has 0 saturated carbocycles. The van der Waals surface area contributed by atoms with Crippen LogP contribution in [0.25, 0.3) is 0 Å². The van der Waals surface area contributed by atoms with E-state index in [1.54, 1.807) is 30.1 Å². The minimum atomic E-state index is -1.48. The molecule has 0 bridgehead atoms. The second-order valence-electron chi connectivity index (χ2n) is 5.33. The molecule has 118 valence electrons. The fourth-order valence-corrected chi connectivity index (χ4v) is 2.96. The smallest absolute Gasteiger partial charge is 0.298 e. The van der Waals surface area contributed by atoms with Crippen LogP contribution < -0.4 is 5.32 Å². The van der Waals surface area contributed by atoms with Crippen LogP contribution in [0.15, 0.2) is 65.3 Å². The van der Waals surface area contributed by atoms with E-state index in [0.29, 0.717) is 10.3 Å². The van der Waals surface area contributed by atoms with Gasteiger partial charge in [-0.25, -0.2) is 0 Å². The fraction of sp³-hybridized carbons (Fsp3) is 0.188. The van der Waals surface area contributed by atoms with E-state index >= 15 is 0 Å². The van der Waals surface area contributed by atoms with Gasteiger partial charge >= 0.3 is 5.66 Å². The highest BCUT2D eigenvalue weighted by molar-refractivity contribution is 9.10.